The molecule has 0 saturated carbocycles. The maximum atomic E-state index is 11.7. The van der Waals surface area contributed by atoms with Crippen LogP contribution < -0.4 is 0 Å². The number of carbonyl (C=O) groups excluding carboxylic acids is 1. The molecule has 0 bridgehead atoms. The summed E-state index contributed by atoms with van der Waals surface area (Å²) in [7, 11) is 0. The number of nitrogens with zero attached hydrogens (tertiary/aromatic N) is 1. The molecule has 0 radical (unpaired) electrons. The SMILES string of the molecule is C#CC1CC(=O)N(CCSc2ccc(C)cc2)C1. The summed E-state index contributed by atoms with van der Waals surface area (Å²) in [6, 6.07) is 8.46. The lowest BCUT2D eigenvalue weighted by Gasteiger charge is -2.15. The molecule has 1 aromatic rings. The largest absolute Gasteiger partial charge is 0.341 e. The summed E-state index contributed by atoms with van der Waals surface area (Å²) in [5.74, 6) is 3.90. The third-order valence-corrected chi connectivity index (χ3v) is 4.09. The molecule has 1 aliphatic rings. The highest BCUT2D eigenvalue weighted by molar-refractivity contribution is 7.99. The predicted octanol–water partition coefficient (Wildman–Crippen LogP) is 2.57. The van der Waals surface area contributed by atoms with Crippen LogP contribution in [0.5, 0.6) is 0 Å². The molecule has 1 aromatic carbocycles. The summed E-state index contributed by atoms with van der Waals surface area (Å²) >= 11 is 1.78. The Morgan fingerprint density at radius 2 is 2.17 bits per heavy atom. The van der Waals surface area contributed by atoms with Gasteiger partial charge in [0, 0.05) is 36.1 Å². The van der Waals surface area contributed by atoms with E-state index in [1.54, 1.807) is 11.8 Å². The standard InChI is InChI=1S/C15H17NOS/c1-3-13-10-15(17)16(11-13)8-9-18-14-6-4-12(2)5-7-14/h1,4-7,13H,8-11H2,2H3. The van der Waals surface area contributed by atoms with E-state index in [1.807, 2.05) is 4.90 Å². The lowest BCUT2D eigenvalue weighted by atomic mass is 10.1. The van der Waals surface area contributed by atoms with Crippen molar-refractivity contribution in [3.8, 4) is 12.3 Å². The molecule has 1 saturated heterocycles. The minimum absolute atomic E-state index is 0.113. The number of rotatable bonds is 4. The first-order valence-corrected chi connectivity index (χ1v) is 7.11. The molecule has 0 spiro atoms. The Kier molecular flexibility index (Phi) is 4.33. The predicted molar refractivity (Wildman–Crippen MR) is 75.4 cm³/mol. The van der Waals surface area contributed by atoms with Crippen LogP contribution in [0.4, 0.5) is 0 Å². The van der Waals surface area contributed by atoms with Gasteiger partial charge >= 0.3 is 0 Å². The molecule has 0 aliphatic carbocycles. The highest BCUT2D eigenvalue weighted by atomic mass is 32.2. The summed E-state index contributed by atoms with van der Waals surface area (Å²) in [6.45, 7) is 3.59. The third-order valence-electron chi connectivity index (χ3n) is 3.10. The Hall–Kier alpha value is -1.40. The Balaban J connectivity index is 1.77. The minimum Gasteiger partial charge on any atom is -0.341 e. The van der Waals surface area contributed by atoms with Gasteiger partial charge in [-0.3, -0.25) is 4.79 Å². The second kappa shape index (κ2) is 5.97. The molecule has 1 fully saturated rings. The first-order valence-electron chi connectivity index (χ1n) is 6.12. The number of aryl methyl sites for hydroxylation is 1. The van der Waals surface area contributed by atoms with Gasteiger partial charge in [-0.25, -0.2) is 0 Å². The zero-order valence-electron chi connectivity index (χ0n) is 10.6. The minimum atomic E-state index is 0.113. The monoisotopic (exact) mass is 259 g/mol. The van der Waals surface area contributed by atoms with Crippen molar-refractivity contribution in [2.75, 3.05) is 18.8 Å². The average Bonchev–Trinajstić information content (AvgIpc) is 2.73. The lowest BCUT2D eigenvalue weighted by Crippen LogP contribution is -2.27. The van der Waals surface area contributed by atoms with E-state index in [4.69, 9.17) is 6.42 Å². The van der Waals surface area contributed by atoms with Crippen LogP contribution in [0, 0.1) is 25.2 Å². The third kappa shape index (κ3) is 3.30. The van der Waals surface area contributed by atoms with E-state index in [1.165, 1.54) is 10.5 Å². The number of hydrogen-bond donors (Lipinski definition) is 0. The summed E-state index contributed by atoms with van der Waals surface area (Å²) in [5.41, 5.74) is 1.27. The first-order chi connectivity index (χ1) is 8.69. The Morgan fingerprint density at radius 3 is 2.78 bits per heavy atom. The van der Waals surface area contributed by atoms with Gasteiger partial charge in [0.2, 0.25) is 5.91 Å². The summed E-state index contributed by atoms with van der Waals surface area (Å²) in [5, 5.41) is 0. The second-order valence-corrected chi connectivity index (χ2v) is 5.74. The highest BCUT2D eigenvalue weighted by Gasteiger charge is 2.27. The normalized spacial score (nSPS) is 19.0. The number of likely N-dealkylation sites (tertiary alicyclic amines) is 1. The molecule has 2 nitrogen and oxygen atoms in total. The van der Waals surface area contributed by atoms with Gasteiger partial charge in [-0.2, -0.15) is 0 Å². The van der Waals surface area contributed by atoms with Crippen molar-refractivity contribution in [2.24, 2.45) is 5.92 Å². The van der Waals surface area contributed by atoms with E-state index < -0.39 is 0 Å². The van der Waals surface area contributed by atoms with Crippen LogP contribution in [-0.2, 0) is 4.79 Å². The van der Waals surface area contributed by atoms with E-state index in [0.29, 0.717) is 6.42 Å². The van der Waals surface area contributed by atoms with Crippen molar-refractivity contribution in [2.45, 2.75) is 18.2 Å². The Morgan fingerprint density at radius 1 is 1.44 bits per heavy atom. The van der Waals surface area contributed by atoms with E-state index in [0.717, 1.165) is 18.8 Å². The molecular weight excluding hydrogens is 242 g/mol. The van der Waals surface area contributed by atoms with Crippen molar-refractivity contribution < 1.29 is 4.79 Å². The van der Waals surface area contributed by atoms with E-state index in [-0.39, 0.29) is 11.8 Å². The van der Waals surface area contributed by atoms with Crippen molar-refractivity contribution in [1.29, 1.82) is 0 Å². The molecule has 0 N–H and O–H groups in total. The molecule has 0 aromatic heterocycles. The molecule has 1 heterocycles. The van der Waals surface area contributed by atoms with Crippen LogP contribution in [0.3, 0.4) is 0 Å². The molecule has 1 amide bonds. The van der Waals surface area contributed by atoms with E-state index in [9.17, 15) is 4.79 Å². The van der Waals surface area contributed by atoms with Gasteiger partial charge < -0.3 is 4.90 Å². The molecule has 1 unspecified atom stereocenters. The van der Waals surface area contributed by atoms with Crippen molar-refractivity contribution in [1.82, 2.24) is 4.90 Å². The zero-order chi connectivity index (χ0) is 13.0. The number of terminal acetylenes is 1. The zero-order valence-corrected chi connectivity index (χ0v) is 11.4. The van der Waals surface area contributed by atoms with E-state index in [2.05, 4.69) is 37.1 Å². The molecule has 18 heavy (non-hydrogen) atoms. The van der Waals surface area contributed by atoms with Gasteiger partial charge in [0.1, 0.15) is 0 Å². The number of carbonyl (C=O) groups is 1. The number of hydrogen-bond acceptors (Lipinski definition) is 2. The fraction of sp³-hybridized carbons (Fsp3) is 0.400. The summed E-state index contributed by atoms with van der Waals surface area (Å²) < 4.78 is 0. The summed E-state index contributed by atoms with van der Waals surface area (Å²) in [4.78, 5) is 14.8. The molecule has 1 aliphatic heterocycles. The number of benzene rings is 1. The molecule has 94 valence electrons. The van der Waals surface area contributed by atoms with Gasteiger partial charge in [-0.05, 0) is 19.1 Å². The Labute approximate surface area is 113 Å². The van der Waals surface area contributed by atoms with Crippen molar-refractivity contribution in [3.05, 3.63) is 29.8 Å². The molecule has 2 rings (SSSR count). The Bertz CT molecular complexity index is 460. The van der Waals surface area contributed by atoms with Gasteiger partial charge in [-0.15, -0.1) is 24.1 Å². The second-order valence-electron chi connectivity index (χ2n) is 4.57. The quantitative estimate of drug-likeness (QED) is 0.612. The fourth-order valence-corrected chi connectivity index (χ4v) is 2.88. The molecular formula is C15H17NOS. The molecule has 3 heteroatoms. The van der Waals surface area contributed by atoms with Crippen molar-refractivity contribution >= 4 is 17.7 Å². The van der Waals surface area contributed by atoms with Crippen LogP contribution in [0.25, 0.3) is 0 Å². The first kappa shape index (κ1) is 13.0. The van der Waals surface area contributed by atoms with Crippen LogP contribution in [0.1, 0.15) is 12.0 Å². The number of thioether (sulfide) groups is 1. The maximum absolute atomic E-state index is 11.7. The smallest absolute Gasteiger partial charge is 0.223 e. The highest BCUT2D eigenvalue weighted by Crippen LogP contribution is 2.21. The van der Waals surface area contributed by atoms with Crippen LogP contribution in [-0.4, -0.2) is 29.6 Å². The van der Waals surface area contributed by atoms with Crippen LogP contribution in [0.2, 0.25) is 0 Å². The number of amides is 1. The van der Waals surface area contributed by atoms with E-state index >= 15 is 0 Å². The van der Waals surface area contributed by atoms with Crippen LogP contribution in [0.15, 0.2) is 29.2 Å². The topological polar surface area (TPSA) is 20.3 Å². The van der Waals surface area contributed by atoms with Gasteiger partial charge in [-0.1, -0.05) is 17.7 Å². The fourth-order valence-electron chi connectivity index (χ4n) is 2.01. The lowest BCUT2D eigenvalue weighted by molar-refractivity contribution is -0.127. The molecule has 1 atom stereocenters. The average molecular weight is 259 g/mol. The van der Waals surface area contributed by atoms with Crippen LogP contribution >= 0.6 is 11.8 Å². The van der Waals surface area contributed by atoms with Gasteiger partial charge in [0.25, 0.3) is 0 Å². The summed E-state index contributed by atoms with van der Waals surface area (Å²) in [6.07, 6.45) is 5.88. The van der Waals surface area contributed by atoms with Crippen molar-refractivity contribution in [3.63, 3.8) is 0 Å². The van der Waals surface area contributed by atoms with Gasteiger partial charge in [0.05, 0.1) is 0 Å². The van der Waals surface area contributed by atoms with Gasteiger partial charge in [0.15, 0.2) is 0 Å². The maximum Gasteiger partial charge on any atom is 0.223 e.